The number of rotatable bonds is 8. The maximum Gasteiger partial charge on any atom is 0.414 e. The topological polar surface area (TPSA) is 15.3 Å². The lowest BCUT2D eigenvalue weighted by atomic mass is 9.56. The summed E-state index contributed by atoms with van der Waals surface area (Å²) < 4.78 is 0. The van der Waals surface area contributed by atoms with Crippen LogP contribution in [-0.2, 0) is 0 Å². The Bertz CT molecular complexity index is 2690. The van der Waals surface area contributed by atoms with E-state index in [0.717, 1.165) is 11.4 Å². The summed E-state index contributed by atoms with van der Waals surface area (Å²) in [5.74, 6) is 0.0190. The van der Waals surface area contributed by atoms with E-state index in [1.54, 1.807) is 0 Å². The average Bonchev–Trinajstić information content (AvgIpc) is 3.73. The third-order valence-electron chi connectivity index (χ3n) is 11.2. The molecule has 3 heteroatoms. The van der Waals surface area contributed by atoms with Crippen LogP contribution >= 0.6 is 0 Å². The first-order valence-electron chi connectivity index (χ1n) is 19.4. The quantitative estimate of drug-likeness (QED) is 0.158. The van der Waals surface area contributed by atoms with Crippen molar-refractivity contribution >= 4 is 40.7 Å². The Hall–Kier alpha value is -7.10. The lowest BCUT2D eigenvalue weighted by Crippen LogP contribution is -2.56. The van der Waals surface area contributed by atoms with E-state index in [9.17, 15) is 0 Å². The van der Waals surface area contributed by atoms with Gasteiger partial charge >= 0.3 is 6.98 Å². The maximum absolute atomic E-state index is 4.09. The van der Waals surface area contributed by atoms with E-state index in [4.69, 9.17) is 0 Å². The van der Waals surface area contributed by atoms with Crippen LogP contribution < -0.4 is 15.5 Å². The maximum atomic E-state index is 4.09. The van der Waals surface area contributed by atoms with Crippen LogP contribution in [0.4, 0.5) is 17.1 Å². The van der Waals surface area contributed by atoms with Gasteiger partial charge in [0.2, 0.25) is 0 Å². The van der Waals surface area contributed by atoms with Gasteiger partial charge in [-0.3, -0.25) is 0 Å². The molecule has 8 aromatic carbocycles. The largest absolute Gasteiger partial charge is 0.414 e. The SMILES string of the molecule is C1=C(c2ccccc2)C=C(c2ccccc2)C1c1cccc2c1B(Nc1ccccc1)N(c1ccccc1)c1cc(-c3ccccc3)cc(-c3ccccc3)c1-2. The number of fused-ring (bicyclic) bond motifs is 3. The summed E-state index contributed by atoms with van der Waals surface area (Å²) in [6.07, 6.45) is 4.88. The van der Waals surface area contributed by atoms with Gasteiger partial charge in [-0.25, -0.2) is 0 Å². The van der Waals surface area contributed by atoms with Crippen molar-refractivity contribution in [2.45, 2.75) is 5.92 Å². The molecular formula is C53H39BN2. The Balaban J connectivity index is 1.29. The lowest BCUT2D eigenvalue weighted by Gasteiger charge is -2.41. The zero-order valence-electron chi connectivity index (χ0n) is 31.0. The number of anilines is 3. The molecule has 0 radical (unpaired) electrons. The second kappa shape index (κ2) is 14.6. The zero-order valence-corrected chi connectivity index (χ0v) is 31.0. The highest BCUT2D eigenvalue weighted by molar-refractivity contribution is 6.83. The molecule has 1 unspecified atom stereocenters. The Morgan fingerprint density at radius 1 is 0.446 bits per heavy atom. The van der Waals surface area contributed by atoms with E-state index in [0.29, 0.717) is 0 Å². The van der Waals surface area contributed by atoms with Crippen LogP contribution in [0.25, 0.3) is 44.5 Å². The minimum Gasteiger partial charge on any atom is -0.405 e. The number of hydrogen-bond acceptors (Lipinski definition) is 2. The van der Waals surface area contributed by atoms with Crippen molar-refractivity contribution in [2.75, 3.05) is 10.0 Å². The molecule has 0 fully saturated rings. The fraction of sp³-hybridized carbons (Fsp3) is 0.0189. The van der Waals surface area contributed by atoms with Crippen molar-refractivity contribution in [1.82, 2.24) is 0 Å². The third-order valence-corrected chi connectivity index (χ3v) is 11.2. The fourth-order valence-electron chi connectivity index (χ4n) is 8.63. The molecule has 0 saturated carbocycles. The van der Waals surface area contributed by atoms with Gasteiger partial charge in [0.05, 0.1) is 0 Å². The van der Waals surface area contributed by atoms with Crippen LogP contribution in [0.1, 0.15) is 22.6 Å². The summed E-state index contributed by atoms with van der Waals surface area (Å²) in [5.41, 5.74) is 18.2. The molecule has 1 atom stereocenters. The average molecular weight is 715 g/mol. The Morgan fingerprint density at radius 3 is 1.64 bits per heavy atom. The number of hydrogen-bond donors (Lipinski definition) is 1. The third kappa shape index (κ3) is 6.14. The summed E-state index contributed by atoms with van der Waals surface area (Å²) >= 11 is 0. The summed E-state index contributed by atoms with van der Waals surface area (Å²) in [6, 6.07) is 76.7. The molecule has 8 aromatic rings. The molecule has 2 aliphatic rings. The first-order valence-corrected chi connectivity index (χ1v) is 19.4. The van der Waals surface area contributed by atoms with E-state index in [1.165, 1.54) is 72.4 Å². The molecule has 1 heterocycles. The van der Waals surface area contributed by atoms with Crippen molar-refractivity contribution < 1.29 is 0 Å². The zero-order chi connectivity index (χ0) is 37.3. The van der Waals surface area contributed by atoms with Crippen molar-refractivity contribution in [1.29, 1.82) is 0 Å². The predicted molar refractivity (Wildman–Crippen MR) is 238 cm³/mol. The Kier molecular flexibility index (Phi) is 8.74. The van der Waals surface area contributed by atoms with Gasteiger partial charge in [0.25, 0.3) is 0 Å². The normalized spacial score (nSPS) is 14.4. The number of nitrogens with zero attached hydrogens (tertiary/aromatic N) is 1. The van der Waals surface area contributed by atoms with Crippen LogP contribution in [-0.4, -0.2) is 6.98 Å². The van der Waals surface area contributed by atoms with E-state index >= 15 is 0 Å². The van der Waals surface area contributed by atoms with Gasteiger partial charge in [0.15, 0.2) is 0 Å². The molecule has 0 spiro atoms. The summed E-state index contributed by atoms with van der Waals surface area (Å²) in [6.45, 7) is -0.237. The minimum atomic E-state index is -0.237. The minimum absolute atomic E-state index is 0.0190. The van der Waals surface area contributed by atoms with Gasteiger partial charge in [-0.05, 0) is 104 Å². The van der Waals surface area contributed by atoms with E-state index in [2.05, 4.69) is 235 Å². The molecular weight excluding hydrogens is 675 g/mol. The molecule has 0 saturated heterocycles. The van der Waals surface area contributed by atoms with E-state index in [1.807, 2.05) is 0 Å². The molecule has 0 aromatic heterocycles. The number of allylic oxidation sites excluding steroid dienone is 4. The van der Waals surface area contributed by atoms with Gasteiger partial charge < -0.3 is 10.0 Å². The molecule has 1 aliphatic heterocycles. The van der Waals surface area contributed by atoms with Crippen molar-refractivity contribution in [3.63, 3.8) is 0 Å². The second-order valence-corrected chi connectivity index (χ2v) is 14.5. The van der Waals surface area contributed by atoms with Crippen LogP contribution in [0.2, 0.25) is 0 Å². The standard InChI is InChI=1S/C53H39BN2/c1-7-20-38(21-8-1)42-34-48(40-24-11-3-12-25-40)50(36-42)46-32-19-33-47-52-49(41-26-13-4-14-27-41)35-43(39-22-9-2-10-23-39)37-51(52)56(45-30-17-6-18-31-45)54(53(46)47)55-44-28-15-5-16-29-44/h1-37,50,55H. The van der Waals surface area contributed by atoms with Crippen LogP contribution in [0.3, 0.4) is 0 Å². The molecule has 1 N–H and O–H groups in total. The Morgan fingerprint density at radius 2 is 1.00 bits per heavy atom. The first kappa shape index (κ1) is 33.5. The number of para-hydroxylation sites is 2. The van der Waals surface area contributed by atoms with Crippen molar-refractivity contribution in [3.8, 4) is 33.4 Å². The molecule has 10 rings (SSSR count). The smallest absolute Gasteiger partial charge is 0.405 e. The lowest BCUT2D eigenvalue weighted by molar-refractivity contribution is 1.13. The second-order valence-electron chi connectivity index (χ2n) is 14.5. The van der Waals surface area contributed by atoms with Gasteiger partial charge in [0, 0.05) is 28.5 Å². The first-order chi connectivity index (χ1) is 27.8. The van der Waals surface area contributed by atoms with Gasteiger partial charge in [-0.1, -0.05) is 182 Å². The summed E-state index contributed by atoms with van der Waals surface area (Å²) in [7, 11) is 0. The highest BCUT2D eigenvalue weighted by Gasteiger charge is 2.42. The monoisotopic (exact) mass is 714 g/mol. The highest BCUT2D eigenvalue weighted by atomic mass is 15.2. The molecule has 0 amide bonds. The van der Waals surface area contributed by atoms with E-state index < -0.39 is 0 Å². The fourth-order valence-corrected chi connectivity index (χ4v) is 8.63. The predicted octanol–water partition coefficient (Wildman–Crippen LogP) is 12.9. The van der Waals surface area contributed by atoms with Crippen LogP contribution in [0.5, 0.6) is 0 Å². The molecule has 264 valence electrons. The summed E-state index contributed by atoms with van der Waals surface area (Å²) in [4.78, 5) is 2.54. The number of nitrogens with one attached hydrogen (secondary N) is 1. The molecule has 2 nitrogen and oxygen atoms in total. The van der Waals surface area contributed by atoms with E-state index in [-0.39, 0.29) is 12.9 Å². The highest BCUT2D eigenvalue weighted by Crippen LogP contribution is 2.50. The van der Waals surface area contributed by atoms with Crippen molar-refractivity contribution in [3.05, 3.63) is 241 Å². The van der Waals surface area contributed by atoms with Gasteiger partial charge in [-0.15, -0.1) is 0 Å². The van der Waals surface area contributed by atoms with Crippen LogP contribution in [0.15, 0.2) is 224 Å². The molecule has 1 aliphatic carbocycles. The molecule has 0 bridgehead atoms. The van der Waals surface area contributed by atoms with Gasteiger partial charge in [0.1, 0.15) is 0 Å². The summed E-state index contributed by atoms with van der Waals surface area (Å²) in [5, 5.41) is 4.09. The van der Waals surface area contributed by atoms with Crippen molar-refractivity contribution in [2.24, 2.45) is 0 Å². The van der Waals surface area contributed by atoms with Crippen LogP contribution in [0, 0.1) is 0 Å². The van der Waals surface area contributed by atoms with Gasteiger partial charge in [-0.2, -0.15) is 0 Å². The Labute approximate surface area is 329 Å². The number of benzene rings is 8. The molecule has 56 heavy (non-hydrogen) atoms.